The van der Waals surface area contributed by atoms with Crippen molar-refractivity contribution in [3.63, 3.8) is 0 Å². The van der Waals surface area contributed by atoms with Crippen LogP contribution >= 0.6 is 11.8 Å². The Kier molecular flexibility index (Phi) is 8.10. The summed E-state index contributed by atoms with van der Waals surface area (Å²) in [7, 11) is -2.84. The van der Waals surface area contributed by atoms with Crippen LogP contribution in [0.15, 0.2) is 72.0 Å². The highest BCUT2D eigenvalue weighted by Crippen LogP contribution is 2.38. The molecule has 0 fully saturated rings. The van der Waals surface area contributed by atoms with Gasteiger partial charge in [0.2, 0.25) is 5.88 Å². The quantitative estimate of drug-likeness (QED) is 0.227. The van der Waals surface area contributed by atoms with Gasteiger partial charge in [-0.15, -0.1) is 0 Å². The van der Waals surface area contributed by atoms with Crippen molar-refractivity contribution in [2.45, 2.75) is 50.2 Å². The summed E-state index contributed by atoms with van der Waals surface area (Å²) in [5.41, 5.74) is -0.998. The number of aromatic nitrogens is 2. The zero-order valence-electron chi connectivity index (χ0n) is 19.9. The average Bonchev–Trinajstić information content (AvgIpc) is 2.79. The second kappa shape index (κ2) is 10.5. The molecule has 0 aliphatic rings. The largest absolute Gasteiger partial charge is 0.472 e. The van der Waals surface area contributed by atoms with Crippen molar-refractivity contribution in [1.29, 1.82) is 0 Å². The van der Waals surface area contributed by atoms with Crippen LogP contribution in [0, 0.1) is 0 Å². The van der Waals surface area contributed by atoms with Crippen LogP contribution < -0.4 is 15.1 Å². The van der Waals surface area contributed by atoms with E-state index in [0.717, 1.165) is 28.3 Å². The van der Waals surface area contributed by atoms with E-state index in [1.54, 1.807) is 13.2 Å². The number of hydrogen-bond acceptors (Lipinski definition) is 5. The predicted octanol–water partition coefficient (Wildman–Crippen LogP) is 5.56. The van der Waals surface area contributed by atoms with Gasteiger partial charge in [-0.1, -0.05) is 93.2 Å². The minimum atomic E-state index is -4.62. The van der Waals surface area contributed by atoms with Crippen molar-refractivity contribution in [3.05, 3.63) is 72.4 Å². The number of thioether (sulfide) groups is 1. The maximum absolute atomic E-state index is 13.5. The first kappa shape index (κ1) is 26.2. The molecule has 2 aromatic carbocycles. The lowest BCUT2D eigenvalue weighted by Gasteiger charge is -2.43. The molecular weight excluding hydrogens is 477 g/mol. The van der Waals surface area contributed by atoms with E-state index in [4.69, 9.17) is 9.16 Å². The zero-order valence-corrected chi connectivity index (χ0v) is 21.7. The Bertz CT molecular complexity index is 1040. The van der Waals surface area contributed by atoms with E-state index < -0.39 is 32.0 Å². The van der Waals surface area contributed by atoms with Crippen LogP contribution in [0.2, 0.25) is 5.04 Å². The summed E-state index contributed by atoms with van der Waals surface area (Å²) in [5.74, 6) is -0.481. The van der Waals surface area contributed by atoms with Crippen molar-refractivity contribution >= 4 is 30.5 Å². The maximum atomic E-state index is 13.5. The molecule has 0 saturated heterocycles. The topological polar surface area (TPSA) is 44.2 Å². The van der Waals surface area contributed by atoms with Gasteiger partial charge in [0.1, 0.15) is 11.7 Å². The van der Waals surface area contributed by atoms with Gasteiger partial charge >= 0.3 is 6.18 Å². The average molecular weight is 507 g/mol. The lowest BCUT2D eigenvalue weighted by Crippen LogP contribution is -2.67. The summed E-state index contributed by atoms with van der Waals surface area (Å²) in [5, 5.41) is 2.13. The SMILES string of the molecule is CSc1ncc(C(F)(F)F)c(O[C@H](C)CO[Si](c2ccccc2)(c2ccccc2)C(C)(C)C)n1. The third-order valence-corrected chi connectivity index (χ3v) is 11.1. The normalized spacial score (nSPS) is 13.5. The fraction of sp³-hybridized carbons (Fsp3) is 0.360. The first-order valence-electron chi connectivity index (χ1n) is 10.9. The number of nitrogens with zero attached hydrogens (tertiary/aromatic N) is 2. The fourth-order valence-corrected chi connectivity index (χ4v) is 8.93. The minimum Gasteiger partial charge on any atom is -0.472 e. The van der Waals surface area contributed by atoms with Crippen LogP contribution in [-0.4, -0.2) is 37.3 Å². The van der Waals surface area contributed by atoms with Gasteiger partial charge in [0, 0.05) is 6.20 Å². The van der Waals surface area contributed by atoms with E-state index in [2.05, 4.69) is 55.0 Å². The molecule has 1 aromatic heterocycles. The number of hydrogen-bond donors (Lipinski definition) is 0. The smallest absolute Gasteiger partial charge is 0.423 e. The Morgan fingerprint density at radius 2 is 1.47 bits per heavy atom. The van der Waals surface area contributed by atoms with E-state index in [1.807, 2.05) is 36.4 Å². The van der Waals surface area contributed by atoms with Gasteiger partial charge in [-0.3, -0.25) is 0 Å². The zero-order chi connectivity index (χ0) is 25.0. The van der Waals surface area contributed by atoms with Crippen LogP contribution in [0.4, 0.5) is 13.2 Å². The molecule has 0 aliphatic carbocycles. The number of alkyl halides is 3. The van der Waals surface area contributed by atoms with Gasteiger partial charge in [0.05, 0.1) is 6.61 Å². The molecule has 3 rings (SSSR count). The number of ether oxygens (including phenoxy) is 1. The van der Waals surface area contributed by atoms with Crippen LogP contribution in [-0.2, 0) is 10.6 Å². The molecule has 0 saturated carbocycles. The summed E-state index contributed by atoms with van der Waals surface area (Å²) in [6.45, 7) is 8.22. The highest BCUT2D eigenvalue weighted by Gasteiger charge is 2.50. The van der Waals surface area contributed by atoms with Crippen molar-refractivity contribution in [1.82, 2.24) is 9.97 Å². The second-order valence-electron chi connectivity index (χ2n) is 8.98. The summed E-state index contributed by atoms with van der Waals surface area (Å²) >= 11 is 1.15. The number of rotatable bonds is 8. The van der Waals surface area contributed by atoms with Gasteiger partial charge in [-0.25, -0.2) is 4.98 Å². The van der Waals surface area contributed by atoms with Crippen LogP contribution in [0.3, 0.4) is 0 Å². The number of benzene rings is 2. The monoisotopic (exact) mass is 506 g/mol. The van der Waals surface area contributed by atoms with E-state index in [-0.39, 0.29) is 16.8 Å². The van der Waals surface area contributed by atoms with E-state index >= 15 is 0 Å². The minimum absolute atomic E-state index is 0.100. The molecule has 0 spiro atoms. The highest BCUT2D eigenvalue weighted by atomic mass is 32.2. The van der Waals surface area contributed by atoms with Gasteiger partial charge in [0.15, 0.2) is 5.16 Å². The lowest BCUT2D eigenvalue weighted by molar-refractivity contribution is -0.140. The summed E-state index contributed by atoms with van der Waals surface area (Å²) in [6, 6.07) is 20.1. The molecule has 0 aliphatic heterocycles. The third-order valence-electron chi connectivity index (χ3n) is 5.48. The van der Waals surface area contributed by atoms with Crippen molar-refractivity contribution < 1.29 is 22.3 Å². The molecule has 0 bridgehead atoms. The van der Waals surface area contributed by atoms with E-state index in [9.17, 15) is 13.2 Å². The Hall–Kier alpha value is -2.36. The molecule has 0 N–H and O–H groups in total. The van der Waals surface area contributed by atoms with E-state index in [1.165, 1.54) is 0 Å². The molecule has 9 heteroatoms. The van der Waals surface area contributed by atoms with Crippen molar-refractivity contribution in [2.75, 3.05) is 12.9 Å². The second-order valence-corrected chi connectivity index (χ2v) is 14.1. The molecule has 3 aromatic rings. The highest BCUT2D eigenvalue weighted by molar-refractivity contribution is 7.98. The Balaban J connectivity index is 1.96. The van der Waals surface area contributed by atoms with Gasteiger partial charge in [0.25, 0.3) is 8.32 Å². The summed E-state index contributed by atoms with van der Waals surface area (Å²) in [4.78, 5) is 7.73. The maximum Gasteiger partial charge on any atom is 0.423 e. The third kappa shape index (κ3) is 5.64. The molecule has 182 valence electrons. The molecule has 4 nitrogen and oxygen atoms in total. The van der Waals surface area contributed by atoms with Gasteiger partial charge < -0.3 is 9.16 Å². The predicted molar refractivity (Wildman–Crippen MR) is 132 cm³/mol. The van der Waals surface area contributed by atoms with Crippen LogP contribution in [0.25, 0.3) is 0 Å². The first-order chi connectivity index (χ1) is 16.0. The summed E-state index contributed by atoms with van der Waals surface area (Å²) in [6.07, 6.45) is -2.83. The Morgan fingerprint density at radius 1 is 0.941 bits per heavy atom. The molecule has 1 atom stereocenters. The molecule has 1 heterocycles. The number of halogens is 3. The van der Waals surface area contributed by atoms with Crippen molar-refractivity contribution in [2.24, 2.45) is 0 Å². The van der Waals surface area contributed by atoms with Crippen molar-refractivity contribution in [3.8, 4) is 5.88 Å². The molecule has 34 heavy (non-hydrogen) atoms. The fourth-order valence-electron chi connectivity index (χ4n) is 3.96. The van der Waals surface area contributed by atoms with Gasteiger partial charge in [-0.2, -0.15) is 18.2 Å². The van der Waals surface area contributed by atoms with Crippen LogP contribution in [0.1, 0.15) is 33.3 Å². The molecule has 0 amide bonds. The standard InChI is InChI=1S/C25H29F3N2O2SSi/c1-18(32-22-21(25(26,27)28)16-29-23(30-22)33-5)17-31-34(24(2,3)4,19-12-8-6-9-13-19)20-14-10-7-11-15-20/h6-16,18H,17H2,1-5H3/t18-/m1/s1. The van der Waals surface area contributed by atoms with Crippen LogP contribution in [0.5, 0.6) is 5.88 Å². The van der Waals surface area contributed by atoms with E-state index in [0.29, 0.717) is 0 Å². The Morgan fingerprint density at radius 3 is 1.91 bits per heavy atom. The molecular formula is C25H29F3N2O2SSi. The lowest BCUT2D eigenvalue weighted by atomic mass is 10.2. The van der Waals surface area contributed by atoms with Gasteiger partial charge in [-0.05, 0) is 28.6 Å². The Labute approximate surface area is 204 Å². The molecule has 0 radical (unpaired) electrons. The first-order valence-corrected chi connectivity index (χ1v) is 14.0. The molecule has 0 unspecified atom stereocenters. The summed E-state index contributed by atoms with van der Waals surface area (Å²) < 4.78 is 53.0.